The summed E-state index contributed by atoms with van der Waals surface area (Å²) in [6.45, 7) is 1.94. The van der Waals surface area contributed by atoms with E-state index in [0.29, 0.717) is 22.7 Å². The number of likely N-dealkylation sites (tertiary alicyclic amines) is 1. The molecular formula is C25H29N7O4S. The highest BCUT2D eigenvalue weighted by atomic mass is 32.1. The Morgan fingerprint density at radius 2 is 1.92 bits per heavy atom. The molecule has 194 valence electrons. The van der Waals surface area contributed by atoms with Crippen molar-refractivity contribution in [2.45, 2.75) is 44.3 Å². The fraction of sp³-hybridized carbons (Fsp3) is 0.360. The second-order valence-electron chi connectivity index (χ2n) is 9.05. The summed E-state index contributed by atoms with van der Waals surface area (Å²) in [6, 6.07) is 10.4. The summed E-state index contributed by atoms with van der Waals surface area (Å²) in [5, 5.41) is 9.56. The van der Waals surface area contributed by atoms with E-state index in [2.05, 4.69) is 20.2 Å². The van der Waals surface area contributed by atoms with E-state index in [4.69, 9.17) is 5.73 Å². The topological polar surface area (TPSA) is 152 Å². The lowest BCUT2D eigenvalue weighted by Gasteiger charge is -2.39. The van der Waals surface area contributed by atoms with E-state index in [0.717, 1.165) is 17.1 Å². The first-order chi connectivity index (χ1) is 17.7. The molecule has 1 fully saturated rings. The van der Waals surface area contributed by atoms with Gasteiger partial charge in [0.1, 0.15) is 22.7 Å². The monoisotopic (exact) mass is 523 g/mol. The van der Waals surface area contributed by atoms with Crippen LogP contribution in [-0.4, -0.2) is 67.4 Å². The lowest BCUT2D eigenvalue weighted by molar-refractivity contribution is -0.131. The average Bonchev–Trinajstić information content (AvgIpc) is 3.51. The highest BCUT2D eigenvalue weighted by Gasteiger charge is 2.39. The molecule has 0 bridgehead atoms. The van der Waals surface area contributed by atoms with Crippen molar-refractivity contribution >= 4 is 35.2 Å². The fourth-order valence-corrected chi connectivity index (χ4v) is 5.01. The third-order valence-electron chi connectivity index (χ3n) is 6.46. The van der Waals surface area contributed by atoms with Gasteiger partial charge in [0.05, 0.1) is 5.69 Å². The minimum atomic E-state index is -0.956. The van der Waals surface area contributed by atoms with Crippen LogP contribution < -0.4 is 16.4 Å². The molecule has 0 unspecified atom stereocenters. The second-order valence-corrected chi connectivity index (χ2v) is 9.81. The van der Waals surface area contributed by atoms with Crippen LogP contribution in [0.15, 0.2) is 48.7 Å². The minimum absolute atomic E-state index is 0.176. The number of primary amides is 1. The van der Waals surface area contributed by atoms with Gasteiger partial charge in [-0.15, -0.1) is 5.10 Å². The van der Waals surface area contributed by atoms with Crippen LogP contribution in [-0.2, 0) is 23.1 Å². The van der Waals surface area contributed by atoms with Crippen LogP contribution >= 0.6 is 11.5 Å². The van der Waals surface area contributed by atoms with Crippen molar-refractivity contribution in [1.82, 2.24) is 29.7 Å². The predicted octanol–water partition coefficient (Wildman–Crippen LogP) is 0.801. The minimum Gasteiger partial charge on any atom is -0.368 e. The summed E-state index contributed by atoms with van der Waals surface area (Å²) in [4.78, 5) is 53.8. The first-order valence-corrected chi connectivity index (χ1v) is 12.7. The highest BCUT2D eigenvalue weighted by Crippen LogP contribution is 2.22. The SMILES string of the molecule is Cc1nnsc1C(=O)N[C@H]1CCN(C(=O)c2cccn2C)[C@H](C(=O)N[C@H](Cc2ccccc2)C(N)=O)C1. The zero-order valence-electron chi connectivity index (χ0n) is 20.6. The molecule has 1 aliphatic rings. The average molecular weight is 524 g/mol. The van der Waals surface area contributed by atoms with Crippen molar-refractivity contribution in [3.63, 3.8) is 0 Å². The summed E-state index contributed by atoms with van der Waals surface area (Å²) in [7, 11) is 1.75. The van der Waals surface area contributed by atoms with E-state index in [-0.39, 0.29) is 37.2 Å². The maximum Gasteiger partial charge on any atom is 0.271 e. The number of aryl methyl sites for hydroxylation is 2. The number of nitrogens with one attached hydrogen (secondary N) is 2. The van der Waals surface area contributed by atoms with Gasteiger partial charge in [-0.3, -0.25) is 19.2 Å². The van der Waals surface area contributed by atoms with Gasteiger partial charge in [0, 0.05) is 32.3 Å². The number of piperidine rings is 1. The van der Waals surface area contributed by atoms with Crippen molar-refractivity contribution in [1.29, 1.82) is 0 Å². The van der Waals surface area contributed by atoms with Gasteiger partial charge >= 0.3 is 0 Å². The van der Waals surface area contributed by atoms with E-state index in [1.807, 2.05) is 30.3 Å². The fourth-order valence-electron chi connectivity index (χ4n) is 4.45. The van der Waals surface area contributed by atoms with Crippen LogP contribution in [0.3, 0.4) is 0 Å². The Morgan fingerprint density at radius 1 is 1.16 bits per heavy atom. The maximum atomic E-state index is 13.5. The van der Waals surface area contributed by atoms with Crippen molar-refractivity contribution in [2.75, 3.05) is 6.54 Å². The smallest absolute Gasteiger partial charge is 0.271 e. The molecule has 0 aliphatic carbocycles. The molecule has 12 heteroatoms. The van der Waals surface area contributed by atoms with Crippen LogP contribution in [0.5, 0.6) is 0 Å². The van der Waals surface area contributed by atoms with Gasteiger partial charge in [0.25, 0.3) is 11.8 Å². The number of nitrogens with two attached hydrogens (primary N) is 1. The number of aromatic nitrogens is 3. The molecule has 3 atom stereocenters. The van der Waals surface area contributed by atoms with Crippen LogP contribution in [0.25, 0.3) is 0 Å². The molecule has 0 spiro atoms. The molecule has 0 radical (unpaired) electrons. The molecule has 4 amide bonds. The van der Waals surface area contributed by atoms with Crippen molar-refractivity contribution in [3.8, 4) is 0 Å². The molecule has 4 N–H and O–H groups in total. The van der Waals surface area contributed by atoms with E-state index in [1.54, 1.807) is 36.9 Å². The summed E-state index contributed by atoms with van der Waals surface area (Å²) < 4.78 is 5.49. The number of hydrogen-bond donors (Lipinski definition) is 3. The molecule has 3 heterocycles. The number of rotatable bonds is 8. The predicted molar refractivity (Wildman–Crippen MR) is 137 cm³/mol. The molecule has 2 aromatic heterocycles. The van der Waals surface area contributed by atoms with Gasteiger partial charge in [-0.1, -0.05) is 34.8 Å². The van der Waals surface area contributed by atoms with Crippen LogP contribution in [0.4, 0.5) is 0 Å². The Hall–Kier alpha value is -4.06. The zero-order valence-corrected chi connectivity index (χ0v) is 21.4. The van der Waals surface area contributed by atoms with E-state index >= 15 is 0 Å². The number of benzene rings is 1. The Balaban J connectivity index is 1.54. The number of carbonyl (C=O) groups is 4. The standard InChI is InChI=1S/C25H29N7O4S/c1-15-21(37-30-29-15)24(35)27-17-10-12-32(25(36)19-9-6-11-31(19)2)20(14-17)23(34)28-18(22(26)33)13-16-7-4-3-5-8-16/h3-9,11,17-18,20H,10,12-14H2,1-2H3,(H2,26,33)(H,27,35)(H,28,34)/t17-,18+,20-/m0/s1. The molecule has 1 saturated heterocycles. The number of nitrogens with zero attached hydrogens (tertiary/aromatic N) is 4. The summed E-state index contributed by atoms with van der Waals surface area (Å²) in [5.41, 5.74) is 7.41. The van der Waals surface area contributed by atoms with Crippen molar-refractivity contribution in [2.24, 2.45) is 12.8 Å². The molecule has 1 aromatic carbocycles. The van der Waals surface area contributed by atoms with Gasteiger partial charge < -0.3 is 25.8 Å². The molecule has 0 saturated carbocycles. The van der Waals surface area contributed by atoms with E-state index in [1.165, 1.54) is 4.90 Å². The zero-order chi connectivity index (χ0) is 26.5. The lowest BCUT2D eigenvalue weighted by Crippen LogP contribution is -2.60. The third kappa shape index (κ3) is 6.02. The molecule has 11 nitrogen and oxygen atoms in total. The van der Waals surface area contributed by atoms with E-state index < -0.39 is 23.9 Å². The Kier molecular flexibility index (Phi) is 7.97. The van der Waals surface area contributed by atoms with Crippen molar-refractivity contribution in [3.05, 3.63) is 70.5 Å². The second kappa shape index (κ2) is 11.3. The lowest BCUT2D eigenvalue weighted by atomic mass is 9.95. The normalized spacial score (nSPS) is 18.2. The van der Waals surface area contributed by atoms with Crippen LogP contribution in [0.2, 0.25) is 0 Å². The van der Waals surface area contributed by atoms with Gasteiger partial charge in [0.15, 0.2) is 0 Å². The van der Waals surface area contributed by atoms with Crippen LogP contribution in [0.1, 0.15) is 44.3 Å². The maximum absolute atomic E-state index is 13.5. The van der Waals surface area contributed by atoms with Gasteiger partial charge in [-0.2, -0.15) is 0 Å². The van der Waals surface area contributed by atoms with E-state index in [9.17, 15) is 19.2 Å². The van der Waals surface area contributed by atoms with Gasteiger partial charge in [-0.25, -0.2) is 0 Å². The first-order valence-electron chi connectivity index (χ1n) is 11.9. The quantitative estimate of drug-likeness (QED) is 0.397. The molecule has 4 rings (SSSR count). The Morgan fingerprint density at radius 3 is 2.54 bits per heavy atom. The molecule has 1 aliphatic heterocycles. The van der Waals surface area contributed by atoms with Crippen LogP contribution in [0, 0.1) is 6.92 Å². The molecular weight excluding hydrogens is 494 g/mol. The summed E-state index contributed by atoms with van der Waals surface area (Å²) in [6.07, 6.45) is 2.61. The van der Waals surface area contributed by atoms with Crippen molar-refractivity contribution < 1.29 is 19.2 Å². The number of amides is 4. The Labute approximate surface area is 218 Å². The molecule has 37 heavy (non-hydrogen) atoms. The largest absolute Gasteiger partial charge is 0.368 e. The number of hydrogen-bond acceptors (Lipinski definition) is 7. The number of carbonyl (C=O) groups excluding carboxylic acids is 4. The first kappa shape index (κ1) is 26.0. The molecule has 3 aromatic rings. The van der Waals surface area contributed by atoms with Gasteiger partial charge in [-0.05, 0) is 49.0 Å². The van der Waals surface area contributed by atoms with Gasteiger partial charge in [0.2, 0.25) is 11.8 Å². The summed E-state index contributed by atoms with van der Waals surface area (Å²) in [5.74, 6) is -1.81. The Bertz CT molecular complexity index is 1290. The highest BCUT2D eigenvalue weighted by molar-refractivity contribution is 7.08. The summed E-state index contributed by atoms with van der Waals surface area (Å²) >= 11 is 1.00. The third-order valence-corrected chi connectivity index (χ3v) is 7.29.